The largest absolute Gasteiger partial charge is 0.491 e. The van der Waals surface area contributed by atoms with E-state index in [1.807, 2.05) is 25.1 Å². The van der Waals surface area contributed by atoms with E-state index < -0.39 is 0 Å². The predicted octanol–water partition coefficient (Wildman–Crippen LogP) is 1.89. The monoisotopic (exact) mass is 302 g/mol. The molecule has 1 fully saturated rings. The van der Waals surface area contributed by atoms with E-state index in [1.54, 1.807) is 11.9 Å². The molecule has 1 aromatic rings. The van der Waals surface area contributed by atoms with Crippen molar-refractivity contribution in [3.05, 3.63) is 23.8 Å². The lowest BCUT2D eigenvalue weighted by Crippen LogP contribution is -2.31. The zero-order valence-corrected chi connectivity index (χ0v) is 13.1. The normalized spacial score (nSPS) is 20.9. The van der Waals surface area contributed by atoms with Crippen LogP contribution in [0.1, 0.15) is 31.7 Å². The number of ether oxygens (including phenoxy) is 1. The van der Waals surface area contributed by atoms with Gasteiger partial charge in [-0.3, -0.25) is 9.59 Å². The molecule has 1 aliphatic carbocycles. The van der Waals surface area contributed by atoms with E-state index >= 15 is 0 Å². The van der Waals surface area contributed by atoms with Crippen LogP contribution in [0.15, 0.2) is 18.2 Å². The first-order chi connectivity index (χ1) is 10.5. The highest BCUT2D eigenvalue weighted by atomic mass is 16.5. The maximum absolute atomic E-state index is 12.2. The van der Waals surface area contributed by atoms with E-state index in [-0.39, 0.29) is 17.7 Å². The van der Waals surface area contributed by atoms with Crippen LogP contribution in [0.5, 0.6) is 5.75 Å². The number of benzene rings is 1. The Hall–Kier alpha value is -2.04. The van der Waals surface area contributed by atoms with Gasteiger partial charge in [0.2, 0.25) is 11.8 Å². The highest BCUT2D eigenvalue weighted by Crippen LogP contribution is 2.33. The molecule has 5 nitrogen and oxygen atoms in total. The van der Waals surface area contributed by atoms with Gasteiger partial charge >= 0.3 is 0 Å². The summed E-state index contributed by atoms with van der Waals surface area (Å²) in [6.45, 7) is 2.27. The van der Waals surface area contributed by atoms with Gasteiger partial charge in [-0.2, -0.15) is 0 Å². The molecule has 2 amide bonds. The number of fused-ring (bicyclic) bond motifs is 1. The molecule has 0 aromatic heterocycles. The van der Waals surface area contributed by atoms with Crippen LogP contribution in [-0.2, 0) is 16.0 Å². The summed E-state index contributed by atoms with van der Waals surface area (Å²) in [7, 11) is 1.77. The van der Waals surface area contributed by atoms with Crippen LogP contribution in [-0.4, -0.2) is 31.5 Å². The van der Waals surface area contributed by atoms with Crippen molar-refractivity contribution in [2.75, 3.05) is 18.6 Å². The average Bonchev–Trinajstić information content (AvgIpc) is 3.33. The van der Waals surface area contributed by atoms with Crippen LogP contribution in [0.25, 0.3) is 0 Å². The average molecular weight is 302 g/mol. The summed E-state index contributed by atoms with van der Waals surface area (Å²) in [5, 5.41) is 2.99. The number of amides is 2. The van der Waals surface area contributed by atoms with Gasteiger partial charge in [-0.15, -0.1) is 0 Å². The molecule has 5 heteroatoms. The van der Waals surface area contributed by atoms with Crippen LogP contribution < -0.4 is 15.0 Å². The number of nitrogens with one attached hydrogen (secondary N) is 1. The summed E-state index contributed by atoms with van der Waals surface area (Å²) < 4.78 is 5.70. The third kappa shape index (κ3) is 3.24. The van der Waals surface area contributed by atoms with Gasteiger partial charge in [-0.25, -0.2) is 0 Å². The topological polar surface area (TPSA) is 58.6 Å². The van der Waals surface area contributed by atoms with E-state index in [4.69, 9.17) is 4.74 Å². The smallest absolute Gasteiger partial charge is 0.233 e. The number of nitrogens with zero attached hydrogens (tertiary/aromatic N) is 1. The fourth-order valence-electron chi connectivity index (χ4n) is 2.62. The molecule has 0 radical (unpaired) electrons. The highest BCUT2D eigenvalue weighted by molar-refractivity contribution is 5.96. The zero-order chi connectivity index (χ0) is 15.7. The van der Waals surface area contributed by atoms with E-state index in [2.05, 4.69) is 5.32 Å². The lowest BCUT2D eigenvalue weighted by Gasteiger charge is -2.18. The van der Waals surface area contributed by atoms with Gasteiger partial charge in [0, 0.05) is 19.5 Å². The lowest BCUT2D eigenvalue weighted by atomic mass is 10.1. The Morgan fingerprint density at radius 1 is 1.41 bits per heavy atom. The second-order valence-corrected chi connectivity index (χ2v) is 6.25. The van der Waals surface area contributed by atoms with Crippen LogP contribution >= 0.6 is 0 Å². The van der Waals surface area contributed by atoms with E-state index in [9.17, 15) is 9.59 Å². The molecule has 1 aliphatic heterocycles. The second kappa shape index (κ2) is 5.99. The van der Waals surface area contributed by atoms with Crippen LogP contribution in [0.4, 0.5) is 5.69 Å². The Morgan fingerprint density at radius 2 is 2.18 bits per heavy atom. The number of aryl methyl sites for hydroxylation is 1. The number of carbonyl (C=O) groups is 2. The summed E-state index contributed by atoms with van der Waals surface area (Å²) >= 11 is 0. The molecule has 0 saturated heterocycles. The van der Waals surface area contributed by atoms with Crippen molar-refractivity contribution in [1.82, 2.24) is 5.32 Å². The molecular formula is C17H22N2O3. The lowest BCUT2D eigenvalue weighted by molar-refractivity contribution is -0.122. The van der Waals surface area contributed by atoms with E-state index in [0.29, 0.717) is 25.5 Å². The molecule has 22 heavy (non-hydrogen) atoms. The first-order valence-corrected chi connectivity index (χ1v) is 7.87. The quantitative estimate of drug-likeness (QED) is 0.924. The van der Waals surface area contributed by atoms with Crippen molar-refractivity contribution in [3.8, 4) is 5.75 Å². The van der Waals surface area contributed by atoms with Gasteiger partial charge in [0.15, 0.2) is 0 Å². The highest BCUT2D eigenvalue weighted by Gasteiger charge is 2.26. The van der Waals surface area contributed by atoms with Gasteiger partial charge in [-0.1, -0.05) is 13.0 Å². The molecule has 0 spiro atoms. The standard InChI is InChI=1S/C17H22N2O3/c1-11-10-22-15-7-3-12(9-14(15)19(2)17(11)21)4-8-16(20)18-13-5-6-13/h3,7,9,11,13H,4-6,8,10H2,1-2H3,(H,18,20)/t11-/m0/s1. The zero-order valence-electron chi connectivity index (χ0n) is 13.1. The van der Waals surface area contributed by atoms with Crippen LogP contribution in [0.2, 0.25) is 0 Å². The number of anilines is 1. The minimum absolute atomic E-state index is 0.0578. The Kier molecular flexibility index (Phi) is 4.05. The molecule has 1 atom stereocenters. The van der Waals surface area contributed by atoms with Crippen LogP contribution in [0, 0.1) is 5.92 Å². The number of hydrogen-bond acceptors (Lipinski definition) is 3. The first kappa shape index (κ1) is 14.9. The Bertz CT molecular complexity index is 596. The molecular weight excluding hydrogens is 280 g/mol. The summed E-state index contributed by atoms with van der Waals surface area (Å²) in [5.41, 5.74) is 1.83. The number of carbonyl (C=O) groups excluding carboxylic acids is 2. The summed E-state index contributed by atoms with van der Waals surface area (Å²) in [4.78, 5) is 25.6. The third-order valence-electron chi connectivity index (χ3n) is 4.21. The minimum Gasteiger partial charge on any atom is -0.491 e. The molecule has 1 N–H and O–H groups in total. The van der Waals surface area contributed by atoms with Gasteiger partial charge in [0.1, 0.15) is 5.75 Å². The Morgan fingerprint density at radius 3 is 2.91 bits per heavy atom. The molecule has 1 heterocycles. The van der Waals surface area contributed by atoms with Crippen molar-refractivity contribution in [2.45, 2.75) is 38.6 Å². The summed E-state index contributed by atoms with van der Waals surface area (Å²) in [5.74, 6) is 0.741. The molecule has 1 saturated carbocycles. The van der Waals surface area contributed by atoms with Gasteiger partial charge in [0.25, 0.3) is 0 Å². The van der Waals surface area contributed by atoms with E-state index in [0.717, 1.165) is 29.8 Å². The minimum atomic E-state index is -0.148. The Balaban J connectivity index is 1.69. The van der Waals surface area contributed by atoms with Gasteiger partial charge < -0.3 is 15.0 Å². The Labute approximate surface area is 130 Å². The maximum atomic E-state index is 12.2. The van der Waals surface area contributed by atoms with E-state index in [1.165, 1.54) is 0 Å². The first-order valence-electron chi connectivity index (χ1n) is 7.87. The third-order valence-corrected chi connectivity index (χ3v) is 4.21. The molecule has 0 unspecified atom stereocenters. The van der Waals surface area contributed by atoms with Crippen molar-refractivity contribution < 1.29 is 14.3 Å². The second-order valence-electron chi connectivity index (χ2n) is 6.25. The molecule has 0 bridgehead atoms. The maximum Gasteiger partial charge on any atom is 0.233 e. The van der Waals surface area contributed by atoms with Crippen LogP contribution in [0.3, 0.4) is 0 Å². The van der Waals surface area contributed by atoms with Gasteiger partial charge in [-0.05, 0) is 37.0 Å². The summed E-state index contributed by atoms with van der Waals surface area (Å²) in [6.07, 6.45) is 3.35. The SMILES string of the molecule is C[C@H]1COc2ccc(CCC(=O)NC3CC3)cc2N(C)C1=O. The fraction of sp³-hybridized carbons (Fsp3) is 0.529. The van der Waals surface area contributed by atoms with Crippen molar-refractivity contribution in [3.63, 3.8) is 0 Å². The van der Waals surface area contributed by atoms with Crippen molar-refractivity contribution >= 4 is 17.5 Å². The number of hydrogen-bond donors (Lipinski definition) is 1. The molecule has 2 aliphatic rings. The van der Waals surface area contributed by atoms with Crippen molar-refractivity contribution in [2.24, 2.45) is 5.92 Å². The predicted molar refractivity (Wildman–Crippen MR) is 84.0 cm³/mol. The molecule has 1 aromatic carbocycles. The molecule has 118 valence electrons. The van der Waals surface area contributed by atoms with Gasteiger partial charge in [0.05, 0.1) is 18.2 Å². The molecule has 3 rings (SSSR count). The van der Waals surface area contributed by atoms with Crippen molar-refractivity contribution in [1.29, 1.82) is 0 Å². The number of rotatable bonds is 4. The summed E-state index contributed by atoms with van der Waals surface area (Å²) in [6, 6.07) is 6.22. The fourth-order valence-corrected chi connectivity index (χ4v) is 2.62.